The van der Waals surface area contributed by atoms with Crippen molar-refractivity contribution in [1.82, 2.24) is 4.34 Å². The number of carbonyl (C=O) groups excluding carboxylic acids is 1. The average molecular weight is 305 g/mol. The smallest absolute Gasteiger partial charge is 0.161 e. The van der Waals surface area contributed by atoms with E-state index in [4.69, 9.17) is 5.10 Å². The molecule has 0 radical (unpaired) electrons. The number of rotatable bonds is 3. The second-order valence-corrected chi connectivity index (χ2v) is 16.4. The zero-order valence-electron chi connectivity index (χ0n) is 12.9. The first-order chi connectivity index (χ1) is 9.35. The zero-order chi connectivity index (χ0) is 14.8. The van der Waals surface area contributed by atoms with Crippen LogP contribution in [0.4, 0.5) is 0 Å². The van der Waals surface area contributed by atoms with E-state index >= 15 is 0 Å². The molecule has 0 aliphatic carbocycles. The summed E-state index contributed by atoms with van der Waals surface area (Å²) in [5.74, 6) is 0. The molecule has 5 heteroatoms. The first kappa shape index (κ1) is 15.2. The lowest BCUT2D eigenvalue weighted by atomic mass is 10.2. The van der Waals surface area contributed by atoms with Crippen LogP contribution in [0.25, 0.3) is 0 Å². The highest BCUT2D eigenvalue weighted by molar-refractivity contribution is 6.91. The van der Waals surface area contributed by atoms with Gasteiger partial charge in [0.15, 0.2) is 16.5 Å². The Bertz CT molecular complexity index is 493. The lowest BCUT2D eigenvalue weighted by molar-refractivity contribution is 0.112. The number of benzene rings is 1. The molecule has 1 aliphatic rings. The number of nitrogens with zero attached hydrogens (tertiary/aromatic N) is 2. The van der Waals surface area contributed by atoms with Gasteiger partial charge < -0.3 is 4.34 Å². The van der Waals surface area contributed by atoms with Gasteiger partial charge in [-0.05, 0) is 17.7 Å². The summed E-state index contributed by atoms with van der Waals surface area (Å²) in [6.07, 6.45) is 4.21. The van der Waals surface area contributed by atoms with Crippen molar-refractivity contribution in [3.63, 3.8) is 0 Å². The van der Waals surface area contributed by atoms with Crippen LogP contribution in [0.1, 0.15) is 22.3 Å². The Morgan fingerprint density at radius 3 is 2.00 bits per heavy atom. The molecule has 0 unspecified atom stereocenters. The third-order valence-electron chi connectivity index (χ3n) is 4.12. The van der Waals surface area contributed by atoms with Crippen LogP contribution in [-0.2, 0) is 0 Å². The Labute approximate surface area is 123 Å². The first-order valence-electron chi connectivity index (χ1n) is 7.25. The fourth-order valence-electron chi connectivity index (χ4n) is 3.08. The lowest BCUT2D eigenvalue weighted by Crippen LogP contribution is -2.61. The van der Waals surface area contributed by atoms with Crippen LogP contribution in [0.3, 0.4) is 0 Å². The van der Waals surface area contributed by atoms with Gasteiger partial charge in [0, 0.05) is 5.56 Å². The predicted octanol–water partition coefficient (Wildman–Crippen LogP) is 3.95. The van der Waals surface area contributed by atoms with E-state index in [1.807, 2.05) is 30.5 Å². The molecule has 108 valence electrons. The molecule has 1 heterocycles. The minimum atomic E-state index is -1.39. The van der Waals surface area contributed by atoms with Crippen LogP contribution in [-0.4, -0.2) is 33.3 Å². The van der Waals surface area contributed by atoms with Crippen molar-refractivity contribution in [2.45, 2.75) is 44.7 Å². The average Bonchev–Trinajstić information content (AvgIpc) is 2.37. The van der Waals surface area contributed by atoms with Crippen molar-refractivity contribution in [3.8, 4) is 0 Å². The summed E-state index contributed by atoms with van der Waals surface area (Å²) in [7, 11) is -2.77. The van der Waals surface area contributed by atoms with E-state index in [9.17, 15) is 4.79 Å². The van der Waals surface area contributed by atoms with Crippen LogP contribution in [0, 0.1) is 0 Å². The third kappa shape index (κ3) is 3.27. The van der Waals surface area contributed by atoms with E-state index in [1.165, 1.54) is 18.5 Å². The second kappa shape index (κ2) is 5.65. The molecular formula is C15H24N2OSi2. The van der Waals surface area contributed by atoms with E-state index in [-0.39, 0.29) is 0 Å². The van der Waals surface area contributed by atoms with Crippen molar-refractivity contribution in [1.29, 1.82) is 0 Å². The van der Waals surface area contributed by atoms with Gasteiger partial charge >= 0.3 is 0 Å². The summed E-state index contributed by atoms with van der Waals surface area (Å²) in [5, 5.41) is 4.86. The summed E-state index contributed by atoms with van der Waals surface area (Å²) in [5.41, 5.74) is 1.78. The monoisotopic (exact) mass is 304 g/mol. The molecule has 0 spiro atoms. The quantitative estimate of drug-likeness (QED) is 0.481. The molecule has 1 aromatic carbocycles. The van der Waals surface area contributed by atoms with Gasteiger partial charge in [0.1, 0.15) is 6.29 Å². The van der Waals surface area contributed by atoms with E-state index in [1.54, 1.807) is 0 Å². The Balaban J connectivity index is 2.20. The Kier molecular flexibility index (Phi) is 4.29. The number of aldehydes is 1. The summed E-state index contributed by atoms with van der Waals surface area (Å²) in [6, 6.07) is 10.3. The van der Waals surface area contributed by atoms with E-state index in [0.29, 0.717) is 5.56 Å². The minimum Gasteiger partial charge on any atom is -0.349 e. The molecule has 0 amide bonds. The SMILES string of the molecule is C[Si]1(C)CCC[Si](C)(C)N1N=Cc1ccc(C=O)cc1. The number of hydrogen-bond donors (Lipinski definition) is 0. The molecule has 1 saturated heterocycles. The van der Waals surface area contributed by atoms with Gasteiger partial charge in [0.25, 0.3) is 0 Å². The number of hydrazone groups is 1. The molecule has 3 nitrogen and oxygen atoms in total. The molecule has 1 aromatic rings. The Hall–Kier alpha value is -1.21. The van der Waals surface area contributed by atoms with Gasteiger partial charge in [0.05, 0.1) is 6.21 Å². The molecule has 0 N–H and O–H groups in total. The molecule has 0 bridgehead atoms. The van der Waals surface area contributed by atoms with Gasteiger partial charge in [0.2, 0.25) is 0 Å². The van der Waals surface area contributed by atoms with Gasteiger partial charge in [-0.25, -0.2) is 5.10 Å². The predicted molar refractivity (Wildman–Crippen MR) is 90.5 cm³/mol. The maximum absolute atomic E-state index is 10.7. The highest BCUT2D eigenvalue weighted by atomic mass is 28.4. The minimum absolute atomic E-state index is 0.713. The highest BCUT2D eigenvalue weighted by Gasteiger charge is 2.43. The summed E-state index contributed by atoms with van der Waals surface area (Å²) in [6.45, 7) is 9.70. The maximum Gasteiger partial charge on any atom is 0.161 e. The number of carbonyl (C=O) groups is 1. The maximum atomic E-state index is 10.7. The van der Waals surface area contributed by atoms with Gasteiger partial charge in [-0.2, -0.15) is 0 Å². The fourth-order valence-corrected chi connectivity index (χ4v) is 13.9. The normalized spacial score (nSPS) is 21.1. The molecule has 20 heavy (non-hydrogen) atoms. The molecule has 2 rings (SSSR count). The van der Waals surface area contributed by atoms with Crippen molar-refractivity contribution in [2.24, 2.45) is 5.10 Å². The summed E-state index contributed by atoms with van der Waals surface area (Å²) < 4.78 is 2.51. The first-order valence-corrected chi connectivity index (χ1v) is 13.6. The van der Waals surface area contributed by atoms with Crippen LogP contribution >= 0.6 is 0 Å². The van der Waals surface area contributed by atoms with Crippen LogP contribution in [0.2, 0.25) is 38.3 Å². The second-order valence-electron chi connectivity index (χ2n) is 6.82. The molecule has 0 aromatic heterocycles. The highest BCUT2D eigenvalue weighted by Crippen LogP contribution is 2.34. The Morgan fingerprint density at radius 1 is 1.00 bits per heavy atom. The summed E-state index contributed by atoms with van der Waals surface area (Å²) >= 11 is 0. The van der Waals surface area contributed by atoms with E-state index in [2.05, 4.69) is 30.5 Å². The zero-order valence-corrected chi connectivity index (χ0v) is 14.9. The molecule has 1 fully saturated rings. The standard InChI is InChI=1S/C15H24N2OSi2/c1-19(2)10-5-11-20(3,4)17(19)16-12-14-6-8-15(13-18)9-7-14/h6-9,12-13H,5,10-11H2,1-4H3. The molecule has 0 atom stereocenters. The third-order valence-corrected chi connectivity index (χ3v) is 13.4. The molecule has 1 aliphatic heterocycles. The van der Waals surface area contributed by atoms with Crippen molar-refractivity contribution in [3.05, 3.63) is 35.4 Å². The van der Waals surface area contributed by atoms with Crippen LogP contribution < -0.4 is 0 Å². The van der Waals surface area contributed by atoms with Crippen molar-refractivity contribution < 1.29 is 4.79 Å². The lowest BCUT2D eigenvalue weighted by Gasteiger charge is -2.49. The largest absolute Gasteiger partial charge is 0.349 e. The van der Waals surface area contributed by atoms with Crippen LogP contribution in [0.5, 0.6) is 0 Å². The Morgan fingerprint density at radius 2 is 1.50 bits per heavy atom. The molecular weight excluding hydrogens is 280 g/mol. The van der Waals surface area contributed by atoms with Crippen molar-refractivity contribution >= 4 is 29.0 Å². The van der Waals surface area contributed by atoms with E-state index < -0.39 is 16.5 Å². The van der Waals surface area contributed by atoms with Crippen LogP contribution in [0.15, 0.2) is 29.4 Å². The molecule has 0 saturated carbocycles. The van der Waals surface area contributed by atoms with E-state index in [0.717, 1.165) is 11.8 Å². The number of hydrogen-bond acceptors (Lipinski definition) is 3. The van der Waals surface area contributed by atoms with Gasteiger partial charge in [-0.3, -0.25) is 4.79 Å². The van der Waals surface area contributed by atoms with Crippen molar-refractivity contribution in [2.75, 3.05) is 0 Å². The van der Waals surface area contributed by atoms with Gasteiger partial charge in [-0.15, -0.1) is 0 Å². The van der Waals surface area contributed by atoms with Gasteiger partial charge in [-0.1, -0.05) is 56.9 Å². The topological polar surface area (TPSA) is 32.7 Å². The summed E-state index contributed by atoms with van der Waals surface area (Å²) in [4.78, 5) is 10.7. The fraction of sp³-hybridized carbons (Fsp3) is 0.467.